The van der Waals surface area contributed by atoms with Crippen LogP contribution in [0.2, 0.25) is 0 Å². The Bertz CT molecular complexity index is 664. The fraction of sp³-hybridized carbons (Fsp3) is 0.350. The molecule has 2 aromatic carbocycles. The Morgan fingerprint density at radius 3 is 2.56 bits per heavy atom. The number of phenolic OH excluding ortho intramolecular Hbond substituents is 1. The Labute approximate surface area is 147 Å². The number of aromatic hydroxyl groups is 1. The summed E-state index contributed by atoms with van der Waals surface area (Å²) in [6, 6.07) is 16.0. The maximum absolute atomic E-state index is 12.1. The van der Waals surface area contributed by atoms with Crippen LogP contribution < -0.4 is 10.1 Å². The molecule has 0 unspecified atom stereocenters. The topological polar surface area (TPSA) is 67.8 Å². The van der Waals surface area contributed by atoms with Crippen LogP contribution in [-0.4, -0.2) is 36.9 Å². The summed E-state index contributed by atoms with van der Waals surface area (Å²) in [5.41, 5.74) is 0.530. The minimum absolute atomic E-state index is 0.0361. The van der Waals surface area contributed by atoms with E-state index in [0.29, 0.717) is 31.2 Å². The first-order valence-corrected chi connectivity index (χ1v) is 8.57. The fourth-order valence-corrected chi connectivity index (χ4v) is 2.81. The van der Waals surface area contributed by atoms with Crippen LogP contribution >= 0.6 is 0 Å². The van der Waals surface area contributed by atoms with Gasteiger partial charge in [0.05, 0.1) is 19.3 Å². The van der Waals surface area contributed by atoms with Crippen molar-refractivity contribution in [3.8, 4) is 11.5 Å². The molecule has 1 heterocycles. The lowest BCUT2D eigenvalue weighted by molar-refractivity contribution is -0.0251. The highest BCUT2D eigenvalue weighted by atomic mass is 16.5. The first kappa shape index (κ1) is 17.3. The zero-order valence-electron chi connectivity index (χ0n) is 14.1. The second-order valence-electron chi connectivity index (χ2n) is 6.28. The number of carbonyl (C=O) groups excluding carboxylic acids is 1. The van der Waals surface area contributed by atoms with Gasteiger partial charge in [-0.1, -0.05) is 18.2 Å². The lowest BCUT2D eigenvalue weighted by Gasteiger charge is -2.29. The van der Waals surface area contributed by atoms with Crippen molar-refractivity contribution in [2.45, 2.75) is 18.9 Å². The largest absolute Gasteiger partial charge is 0.508 e. The van der Waals surface area contributed by atoms with E-state index in [1.54, 1.807) is 12.1 Å². The summed E-state index contributed by atoms with van der Waals surface area (Å²) in [5, 5.41) is 12.1. The molecule has 0 aliphatic carbocycles. The van der Waals surface area contributed by atoms with Gasteiger partial charge in [0.1, 0.15) is 11.5 Å². The van der Waals surface area contributed by atoms with Gasteiger partial charge >= 0.3 is 0 Å². The van der Waals surface area contributed by atoms with E-state index < -0.39 is 0 Å². The highest BCUT2D eigenvalue weighted by Crippen LogP contribution is 2.20. The van der Waals surface area contributed by atoms with Gasteiger partial charge in [-0.05, 0) is 49.2 Å². The third-order valence-corrected chi connectivity index (χ3v) is 4.31. The Morgan fingerprint density at radius 2 is 1.88 bits per heavy atom. The molecule has 2 atom stereocenters. The van der Waals surface area contributed by atoms with Gasteiger partial charge in [0.25, 0.3) is 5.91 Å². The zero-order chi connectivity index (χ0) is 17.5. The highest BCUT2D eigenvalue weighted by Gasteiger charge is 2.22. The summed E-state index contributed by atoms with van der Waals surface area (Å²) in [4.78, 5) is 12.1. The number of phenols is 1. The first-order valence-electron chi connectivity index (χ1n) is 8.57. The van der Waals surface area contributed by atoms with Gasteiger partial charge in [-0.15, -0.1) is 0 Å². The molecule has 3 rings (SSSR count). The standard InChI is InChI=1S/C20H23NO4/c22-17-9-7-16(8-10-17)20(23)21-12-19-11-6-15(14-25-19)13-24-18-4-2-1-3-5-18/h1-5,7-10,15,19,22H,6,11-14H2,(H,21,23)/t15-,19+/m1/s1. The Kier molecular flexibility index (Phi) is 5.90. The lowest BCUT2D eigenvalue weighted by Crippen LogP contribution is -2.38. The number of rotatable bonds is 6. The third kappa shape index (κ3) is 5.22. The van der Waals surface area contributed by atoms with Crippen LogP contribution in [0.15, 0.2) is 54.6 Å². The number of benzene rings is 2. The summed E-state index contributed by atoms with van der Waals surface area (Å²) in [7, 11) is 0. The van der Waals surface area contributed by atoms with Crippen LogP contribution in [0.25, 0.3) is 0 Å². The van der Waals surface area contributed by atoms with E-state index in [0.717, 1.165) is 18.6 Å². The molecular weight excluding hydrogens is 318 g/mol. The second kappa shape index (κ2) is 8.53. The molecule has 1 amide bonds. The normalized spacial score (nSPS) is 20.0. The molecule has 0 bridgehead atoms. The van der Waals surface area contributed by atoms with Crippen LogP contribution in [0.4, 0.5) is 0 Å². The van der Waals surface area contributed by atoms with E-state index in [9.17, 15) is 9.90 Å². The SMILES string of the molecule is O=C(NC[C@@H]1CC[C@H](COc2ccccc2)CO1)c1ccc(O)cc1. The quantitative estimate of drug-likeness (QED) is 0.847. The predicted octanol–water partition coefficient (Wildman–Crippen LogP) is 3.00. The number of hydrogen-bond acceptors (Lipinski definition) is 4. The molecule has 5 heteroatoms. The lowest BCUT2D eigenvalue weighted by atomic mass is 9.99. The van der Waals surface area contributed by atoms with Gasteiger partial charge in [-0.2, -0.15) is 0 Å². The molecule has 1 saturated heterocycles. The van der Waals surface area contributed by atoms with Gasteiger partial charge < -0.3 is 19.9 Å². The highest BCUT2D eigenvalue weighted by molar-refractivity contribution is 5.94. The van der Waals surface area contributed by atoms with Crippen molar-refractivity contribution >= 4 is 5.91 Å². The summed E-state index contributed by atoms with van der Waals surface area (Å²) >= 11 is 0. The van der Waals surface area contributed by atoms with Crippen molar-refractivity contribution in [1.29, 1.82) is 0 Å². The molecule has 0 aromatic heterocycles. The summed E-state index contributed by atoms with van der Waals surface area (Å²) in [6.07, 6.45) is 1.96. The van der Waals surface area contributed by atoms with Gasteiger partial charge in [0.15, 0.2) is 0 Å². The zero-order valence-corrected chi connectivity index (χ0v) is 14.1. The minimum atomic E-state index is -0.155. The molecule has 5 nitrogen and oxygen atoms in total. The molecule has 0 saturated carbocycles. The van der Waals surface area contributed by atoms with E-state index in [-0.39, 0.29) is 17.8 Å². The number of carbonyl (C=O) groups is 1. The first-order chi connectivity index (χ1) is 12.2. The molecule has 2 N–H and O–H groups in total. The van der Waals surface area contributed by atoms with Crippen molar-refractivity contribution in [2.24, 2.45) is 5.92 Å². The van der Waals surface area contributed by atoms with Gasteiger partial charge in [0.2, 0.25) is 0 Å². The Morgan fingerprint density at radius 1 is 1.12 bits per heavy atom. The van der Waals surface area contributed by atoms with Crippen LogP contribution in [0.3, 0.4) is 0 Å². The van der Waals surface area contributed by atoms with E-state index in [4.69, 9.17) is 9.47 Å². The third-order valence-electron chi connectivity index (χ3n) is 4.31. The maximum atomic E-state index is 12.1. The maximum Gasteiger partial charge on any atom is 0.251 e. The predicted molar refractivity (Wildman–Crippen MR) is 94.8 cm³/mol. The van der Waals surface area contributed by atoms with E-state index in [2.05, 4.69) is 5.32 Å². The van der Waals surface area contributed by atoms with Gasteiger partial charge in [-0.25, -0.2) is 0 Å². The molecule has 132 valence electrons. The van der Waals surface area contributed by atoms with Crippen molar-refractivity contribution in [3.63, 3.8) is 0 Å². The summed E-state index contributed by atoms with van der Waals surface area (Å²) in [5.74, 6) is 1.25. The second-order valence-corrected chi connectivity index (χ2v) is 6.28. The molecule has 0 spiro atoms. The van der Waals surface area contributed by atoms with Crippen LogP contribution in [0.1, 0.15) is 23.2 Å². The molecule has 25 heavy (non-hydrogen) atoms. The van der Waals surface area contributed by atoms with Crippen molar-refractivity contribution in [3.05, 3.63) is 60.2 Å². The smallest absolute Gasteiger partial charge is 0.251 e. The molecular formula is C20H23NO4. The average Bonchev–Trinajstić information content (AvgIpc) is 2.67. The number of hydrogen-bond donors (Lipinski definition) is 2. The molecule has 1 aliphatic rings. The molecule has 2 aromatic rings. The molecule has 0 radical (unpaired) electrons. The van der Waals surface area contributed by atoms with E-state index >= 15 is 0 Å². The molecule has 1 fully saturated rings. The molecule has 1 aliphatic heterocycles. The number of ether oxygens (including phenoxy) is 2. The van der Waals surface area contributed by atoms with Crippen molar-refractivity contribution in [2.75, 3.05) is 19.8 Å². The van der Waals surface area contributed by atoms with Gasteiger partial charge in [0, 0.05) is 18.0 Å². The van der Waals surface area contributed by atoms with E-state index in [1.165, 1.54) is 12.1 Å². The van der Waals surface area contributed by atoms with Crippen LogP contribution in [-0.2, 0) is 4.74 Å². The monoisotopic (exact) mass is 341 g/mol. The van der Waals surface area contributed by atoms with E-state index in [1.807, 2.05) is 30.3 Å². The van der Waals surface area contributed by atoms with Gasteiger partial charge in [-0.3, -0.25) is 4.79 Å². The van der Waals surface area contributed by atoms with Crippen LogP contribution in [0.5, 0.6) is 11.5 Å². The number of amides is 1. The fourth-order valence-electron chi connectivity index (χ4n) is 2.81. The van der Waals surface area contributed by atoms with Crippen LogP contribution in [0, 0.1) is 5.92 Å². The average molecular weight is 341 g/mol. The summed E-state index contributed by atoms with van der Waals surface area (Å²) < 4.78 is 11.6. The summed E-state index contributed by atoms with van der Waals surface area (Å²) in [6.45, 7) is 1.79. The Hall–Kier alpha value is -2.53. The van der Waals surface area contributed by atoms with Crippen molar-refractivity contribution < 1.29 is 19.4 Å². The Balaban J connectivity index is 1.36. The van der Waals surface area contributed by atoms with Crippen molar-refractivity contribution in [1.82, 2.24) is 5.32 Å². The number of nitrogens with one attached hydrogen (secondary N) is 1. The number of para-hydroxylation sites is 1. The minimum Gasteiger partial charge on any atom is -0.508 e.